The van der Waals surface area contributed by atoms with E-state index >= 15 is 0 Å². The van der Waals surface area contributed by atoms with Gasteiger partial charge in [-0.25, -0.2) is 0 Å². The van der Waals surface area contributed by atoms with Crippen molar-refractivity contribution < 1.29 is 14.3 Å². The highest BCUT2D eigenvalue weighted by molar-refractivity contribution is 6.10. The first-order chi connectivity index (χ1) is 14.5. The Hall–Kier alpha value is -3.96. The predicted molar refractivity (Wildman–Crippen MR) is 119 cm³/mol. The van der Waals surface area contributed by atoms with Crippen LogP contribution < -0.4 is 14.8 Å². The number of carbonyl (C=O) groups is 1. The summed E-state index contributed by atoms with van der Waals surface area (Å²) in [5.41, 5.74) is 2.98. The number of terminal acetylenes is 1. The molecular formula is C25H24N2O3. The Morgan fingerprint density at radius 2 is 2.07 bits per heavy atom. The van der Waals surface area contributed by atoms with Crippen molar-refractivity contribution in [2.45, 2.75) is 20.3 Å². The van der Waals surface area contributed by atoms with Crippen LogP contribution in [0.25, 0.3) is 6.08 Å². The molecule has 0 bridgehead atoms. The van der Waals surface area contributed by atoms with Crippen LogP contribution in [0.2, 0.25) is 0 Å². The third kappa shape index (κ3) is 5.77. The van der Waals surface area contributed by atoms with E-state index in [1.807, 2.05) is 44.2 Å². The van der Waals surface area contributed by atoms with Crippen molar-refractivity contribution in [3.63, 3.8) is 0 Å². The van der Waals surface area contributed by atoms with Gasteiger partial charge in [0.15, 0.2) is 11.5 Å². The molecule has 1 amide bonds. The minimum absolute atomic E-state index is 0.0254. The summed E-state index contributed by atoms with van der Waals surface area (Å²) in [7, 11) is 0. The molecule has 0 saturated carbocycles. The quantitative estimate of drug-likeness (QED) is 0.287. The van der Waals surface area contributed by atoms with Crippen LogP contribution in [0.15, 0.2) is 54.6 Å². The molecule has 2 aromatic rings. The normalized spacial score (nSPS) is 10.5. The van der Waals surface area contributed by atoms with E-state index in [0.717, 1.165) is 11.1 Å². The molecule has 5 nitrogen and oxygen atoms in total. The van der Waals surface area contributed by atoms with Gasteiger partial charge in [-0.1, -0.05) is 30.2 Å². The number of rotatable bonds is 9. The summed E-state index contributed by atoms with van der Waals surface area (Å²) in [6.45, 7) is 8.04. The zero-order chi connectivity index (χ0) is 21.9. The summed E-state index contributed by atoms with van der Waals surface area (Å²) in [6.07, 6.45) is 9.09. The van der Waals surface area contributed by atoms with Crippen molar-refractivity contribution in [2.24, 2.45) is 0 Å². The molecule has 30 heavy (non-hydrogen) atoms. The van der Waals surface area contributed by atoms with E-state index in [4.69, 9.17) is 15.9 Å². The molecule has 0 atom stereocenters. The summed E-state index contributed by atoms with van der Waals surface area (Å²) in [4.78, 5) is 12.6. The molecule has 5 heteroatoms. The average Bonchev–Trinajstić information content (AvgIpc) is 2.73. The van der Waals surface area contributed by atoms with E-state index < -0.39 is 5.91 Å². The predicted octanol–water partition coefficient (Wildman–Crippen LogP) is 4.68. The molecule has 1 N–H and O–H groups in total. The van der Waals surface area contributed by atoms with Crippen LogP contribution in [0, 0.1) is 30.6 Å². The zero-order valence-electron chi connectivity index (χ0n) is 17.2. The van der Waals surface area contributed by atoms with Gasteiger partial charge in [0.05, 0.1) is 6.61 Å². The van der Waals surface area contributed by atoms with Crippen LogP contribution >= 0.6 is 0 Å². The van der Waals surface area contributed by atoms with E-state index in [1.165, 1.54) is 6.08 Å². The lowest BCUT2D eigenvalue weighted by molar-refractivity contribution is -0.112. The van der Waals surface area contributed by atoms with Crippen LogP contribution in [-0.2, 0) is 11.2 Å². The molecule has 0 spiro atoms. The summed E-state index contributed by atoms with van der Waals surface area (Å²) in [6, 6.07) is 12.9. The lowest BCUT2D eigenvalue weighted by atomic mass is 10.0. The second kappa shape index (κ2) is 11.1. The molecule has 0 aliphatic rings. The van der Waals surface area contributed by atoms with Crippen molar-refractivity contribution in [3.05, 3.63) is 71.3 Å². The first-order valence-corrected chi connectivity index (χ1v) is 9.49. The summed E-state index contributed by atoms with van der Waals surface area (Å²) in [5.74, 6) is 2.99. The molecule has 0 radical (unpaired) electrons. The number of ether oxygens (including phenoxy) is 2. The highest BCUT2D eigenvalue weighted by atomic mass is 16.5. The number of amides is 1. The fourth-order valence-corrected chi connectivity index (χ4v) is 2.83. The number of benzene rings is 2. The molecule has 0 saturated heterocycles. The monoisotopic (exact) mass is 400 g/mol. The maximum absolute atomic E-state index is 12.6. The smallest absolute Gasteiger partial charge is 0.266 e. The fourth-order valence-electron chi connectivity index (χ4n) is 2.83. The van der Waals surface area contributed by atoms with Crippen molar-refractivity contribution in [1.82, 2.24) is 0 Å². The second-order valence-electron chi connectivity index (χ2n) is 6.36. The van der Waals surface area contributed by atoms with Gasteiger partial charge in [0.2, 0.25) is 0 Å². The highest BCUT2D eigenvalue weighted by Crippen LogP contribution is 2.34. The van der Waals surface area contributed by atoms with E-state index in [9.17, 15) is 10.1 Å². The van der Waals surface area contributed by atoms with E-state index in [2.05, 4.69) is 17.8 Å². The Bertz CT molecular complexity index is 1040. The SMILES string of the molecule is C#CCOc1c(CC=C)cc(/C=C(\C#N)C(=O)Nc2ccccc2C)cc1OCC. The topological polar surface area (TPSA) is 71.3 Å². The molecule has 0 aliphatic heterocycles. The van der Waals surface area contributed by atoms with E-state index in [-0.39, 0.29) is 12.2 Å². The Kier molecular flexibility index (Phi) is 8.29. The van der Waals surface area contributed by atoms with E-state index in [1.54, 1.807) is 18.2 Å². The molecular weight excluding hydrogens is 376 g/mol. The number of anilines is 1. The first kappa shape index (κ1) is 22.3. The van der Waals surface area contributed by atoms with E-state index in [0.29, 0.717) is 35.8 Å². The fraction of sp³-hybridized carbons (Fsp3) is 0.200. The van der Waals surface area contributed by atoms with Crippen molar-refractivity contribution >= 4 is 17.7 Å². The van der Waals surface area contributed by atoms with Gasteiger partial charge in [-0.05, 0) is 55.7 Å². The Labute approximate surface area is 177 Å². The number of aryl methyl sites for hydroxylation is 1. The number of allylic oxidation sites excluding steroid dienone is 1. The molecule has 2 rings (SSSR count). The number of carbonyl (C=O) groups excluding carboxylic acids is 1. The Balaban J connectivity index is 2.44. The first-order valence-electron chi connectivity index (χ1n) is 9.49. The number of hydrogen-bond donors (Lipinski definition) is 1. The van der Waals surface area contributed by atoms with Gasteiger partial charge in [0.1, 0.15) is 18.2 Å². The Morgan fingerprint density at radius 1 is 1.30 bits per heavy atom. The van der Waals surface area contributed by atoms with Gasteiger partial charge < -0.3 is 14.8 Å². The third-order valence-electron chi connectivity index (χ3n) is 4.19. The van der Waals surface area contributed by atoms with Crippen LogP contribution in [-0.4, -0.2) is 19.1 Å². The molecule has 0 aliphatic carbocycles. The zero-order valence-corrected chi connectivity index (χ0v) is 17.2. The molecule has 152 valence electrons. The molecule has 0 fully saturated rings. The number of para-hydroxylation sites is 1. The average molecular weight is 400 g/mol. The van der Waals surface area contributed by atoms with Crippen LogP contribution in [0.3, 0.4) is 0 Å². The second-order valence-corrected chi connectivity index (χ2v) is 6.36. The number of nitrogens with one attached hydrogen (secondary N) is 1. The molecule has 0 heterocycles. The maximum Gasteiger partial charge on any atom is 0.266 e. The van der Waals surface area contributed by atoms with Crippen molar-refractivity contribution in [1.29, 1.82) is 5.26 Å². The third-order valence-corrected chi connectivity index (χ3v) is 4.19. The van der Waals surface area contributed by atoms with Crippen LogP contribution in [0.4, 0.5) is 5.69 Å². The van der Waals surface area contributed by atoms with Crippen LogP contribution in [0.5, 0.6) is 11.5 Å². The van der Waals surface area contributed by atoms with Gasteiger partial charge in [-0.3, -0.25) is 4.79 Å². The van der Waals surface area contributed by atoms with Crippen LogP contribution in [0.1, 0.15) is 23.6 Å². The largest absolute Gasteiger partial charge is 0.490 e. The van der Waals surface area contributed by atoms with Gasteiger partial charge in [0.25, 0.3) is 5.91 Å². The molecule has 2 aromatic carbocycles. The minimum atomic E-state index is -0.484. The lowest BCUT2D eigenvalue weighted by Gasteiger charge is -2.15. The summed E-state index contributed by atoms with van der Waals surface area (Å²) < 4.78 is 11.4. The summed E-state index contributed by atoms with van der Waals surface area (Å²) in [5, 5.41) is 12.3. The highest BCUT2D eigenvalue weighted by Gasteiger charge is 2.15. The van der Waals surface area contributed by atoms with Gasteiger partial charge in [-0.2, -0.15) is 5.26 Å². The maximum atomic E-state index is 12.6. The van der Waals surface area contributed by atoms with Crippen molar-refractivity contribution in [3.8, 4) is 29.9 Å². The lowest BCUT2D eigenvalue weighted by Crippen LogP contribution is -2.14. The number of nitrogens with zero attached hydrogens (tertiary/aromatic N) is 1. The minimum Gasteiger partial charge on any atom is -0.490 e. The standard InChI is InChI=1S/C25H24N2O3/c1-5-10-20-14-19(16-23(29-7-3)24(20)30-13-6-2)15-21(17-26)25(28)27-22-12-9-8-11-18(22)4/h2,5,8-9,11-12,14-16H,1,7,10,13H2,3-4H3,(H,27,28)/b21-15+. The number of hydrogen-bond acceptors (Lipinski definition) is 4. The molecule has 0 aromatic heterocycles. The van der Waals surface area contributed by atoms with Gasteiger partial charge in [-0.15, -0.1) is 13.0 Å². The number of nitriles is 1. The van der Waals surface area contributed by atoms with Gasteiger partial charge in [0, 0.05) is 11.3 Å². The molecule has 0 unspecified atom stereocenters. The van der Waals surface area contributed by atoms with Crippen molar-refractivity contribution in [2.75, 3.05) is 18.5 Å². The summed E-state index contributed by atoms with van der Waals surface area (Å²) >= 11 is 0. The Morgan fingerprint density at radius 3 is 2.70 bits per heavy atom. The van der Waals surface area contributed by atoms with Gasteiger partial charge >= 0.3 is 0 Å².